The topological polar surface area (TPSA) is 72.2 Å². The Balaban J connectivity index is 2.28. The van der Waals surface area contributed by atoms with Crippen molar-refractivity contribution < 1.29 is 9.90 Å². The second-order valence-corrected chi connectivity index (χ2v) is 7.06. The molecule has 1 aromatic carbocycles. The van der Waals surface area contributed by atoms with Crippen molar-refractivity contribution in [3.63, 3.8) is 0 Å². The standard InChI is InChI=1S/C20H22N2O3S/c1-4-12-7-9-13(10-8-12)14-11-26-18-17(14)19(23)22(16(6-3)21-18)15(5-2)20(24)25/h7-11,15H,4-6H2,1-3H3,(H,24,25). The minimum atomic E-state index is -1.01. The maximum atomic E-state index is 13.3. The van der Waals surface area contributed by atoms with Crippen molar-refractivity contribution >= 4 is 27.5 Å². The molecule has 0 aliphatic heterocycles. The fourth-order valence-corrected chi connectivity index (χ4v) is 4.17. The number of carboxylic acids is 1. The molecule has 0 aliphatic carbocycles. The van der Waals surface area contributed by atoms with Crippen LogP contribution in [0.4, 0.5) is 0 Å². The first-order valence-corrected chi connectivity index (χ1v) is 9.74. The van der Waals surface area contributed by atoms with Gasteiger partial charge in [-0.15, -0.1) is 11.3 Å². The summed E-state index contributed by atoms with van der Waals surface area (Å²) in [6.45, 7) is 5.75. The molecule has 0 bridgehead atoms. The Labute approximate surface area is 155 Å². The van der Waals surface area contributed by atoms with Crippen molar-refractivity contribution in [2.24, 2.45) is 0 Å². The number of rotatable bonds is 6. The molecule has 0 aliphatic rings. The number of aryl methyl sites for hydroxylation is 2. The highest BCUT2D eigenvalue weighted by Gasteiger charge is 2.25. The fourth-order valence-electron chi connectivity index (χ4n) is 3.22. The van der Waals surface area contributed by atoms with E-state index in [4.69, 9.17) is 0 Å². The first-order valence-electron chi connectivity index (χ1n) is 8.86. The van der Waals surface area contributed by atoms with Gasteiger partial charge in [-0.2, -0.15) is 0 Å². The maximum Gasteiger partial charge on any atom is 0.326 e. The van der Waals surface area contributed by atoms with Crippen LogP contribution in [0, 0.1) is 0 Å². The highest BCUT2D eigenvalue weighted by atomic mass is 32.1. The molecule has 0 amide bonds. The van der Waals surface area contributed by atoms with E-state index in [1.165, 1.54) is 21.5 Å². The number of carboxylic acid groups (broad SMARTS) is 1. The van der Waals surface area contributed by atoms with E-state index in [-0.39, 0.29) is 5.56 Å². The molecule has 1 atom stereocenters. The Morgan fingerprint density at radius 3 is 2.42 bits per heavy atom. The molecule has 0 saturated carbocycles. The molecule has 0 saturated heterocycles. The monoisotopic (exact) mass is 370 g/mol. The summed E-state index contributed by atoms with van der Waals surface area (Å²) in [6, 6.07) is 7.22. The van der Waals surface area contributed by atoms with Gasteiger partial charge in [0.15, 0.2) is 0 Å². The predicted molar refractivity (Wildman–Crippen MR) is 105 cm³/mol. The third-order valence-corrected chi connectivity index (χ3v) is 5.56. The third kappa shape index (κ3) is 3.05. The number of thiophene rings is 1. The van der Waals surface area contributed by atoms with Crippen molar-refractivity contribution in [3.8, 4) is 11.1 Å². The molecule has 3 rings (SSSR count). The fraction of sp³-hybridized carbons (Fsp3) is 0.350. The van der Waals surface area contributed by atoms with Gasteiger partial charge in [-0.3, -0.25) is 9.36 Å². The summed E-state index contributed by atoms with van der Waals surface area (Å²) in [5, 5.41) is 12.0. The lowest BCUT2D eigenvalue weighted by atomic mass is 10.0. The molecule has 2 aromatic heterocycles. The molecule has 26 heavy (non-hydrogen) atoms. The molecule has 3 aromatic rings. The van der Waals surface area contributed by atoms with Crippen LogP contribution in [0.15, 0.2) is 34.4 Å². The van der Waals surface area contributed by atoms with Gasteiger partial charge in [0.05, 0.1) is 5.39 Å². The quantitative estimate of drug-likeness (QED) is 0.703. The Morgan fingerprint density at radius 2 is 1.88 bits per heavy atom. The number of hydrogen-bond acceptors (Lipinski definition) is 4. The van der Waals surface area contributed by atoms with Gasteiger partial charge in [0.1, 0.15) is 16.7 Å². The van der Waals surface area contributed by atoms with Crippen LogP contribution in [0.3, 0.4) is 0 Å². The average Bonchev–Trinajstić information content (AvgIpc) is 3.08. The lowest BCUT2D eigenvalue weighted by Gasteiger charge is -2.17. The molecule has 2 heterocycles. The zero-order valence-electron chi connectivity index (χ0n) is 15.2. The van der Waals surface area contributed by atoms with Gasteiger partial charge in [-0.1, -0.05) is 45.0 Å². The molecule has 6 heteroatoms. The van der Waals surface area contributed by atoms with Crippen LogP contribution in [0.2, 0.25) is 0 Å². The van der Waals surface area contributed by atoms with Crippen LogP contribution in [0.1, 0.15) is 44.6 Å². The van der Waals surface area contributed by atoms with Crippen molar-refractivity contribution in [2.45, 2.75) is 46.1 Å². The van der Waals surface area contributed by atoms with Gasteiger partial charge >= 0.3 is 5.97 Å². The molecule has 1 N–H and O–H groups in total. The average molecular weight is 370 g/mol. The molecule has 136 valence electrons. The van der Waals surface area contributed by atoms with Gasteiger partial charge in [0.2, 0.25) is 0 Å². The molecule has 5 nitrogen and oxygen atoms in total. The van der Waals surface area contributed by atoms with E-state index in [1.807, 2.05) is 24.4 Å². The first-order chi connectivity index (χ1) is 12.5. The highest BCUT2D eigenvalue weighted by Crippen LogP contribution is 2.32. The van der Waals surface area contributed by atoms with E-state index in [2.05, 4.69) is 24.0 Å². The molecule has 0 spiro atoms. The first kappa shape index (κ1) is 18.3. The number of aliphatic carboxylic acids is 1. The highest BCUT2D eigenvalue weighted by molar-refractivity contribution is 7.17. The summed E-state index contributed by atoms with van der Waals surface area (Å²) in [5.41, 5.74) is 2.74. The maximum absolute atomic E-state index is 13.3. The van der Waals surface area contributed by atoms with Crippen molar-refractivity contribution in [1.82, 2.24) is 9.55 Å². The molecular weight excluding hydrogens is 348 g/mol. The van der Waals surface area contributed by atoms with E-state index >= 15 is 0 Å². The van der Waals surface area contributed by atoms with Gasteiger partial charge in [-0.05, 0) is 24.0 Å². The van der Waals surface area contributed by atoms with Crippen LogP contribution >= 0.6 is 11.3 Å². The number of fused-ring (bicyclic) bond motifs is 1. The summed E-state index contributed by atoms with van der Waals surface area (Å²) in [6.07, 6.45) is 1.79. The summed E-state index contributed by atoms with van der Waals surface area (Å²) in [7, 11) is 0. The zero-order valence-corrected chi connectivity index (χ0v) is 16.0. The minimum Gasteiger partial charge on any atom is -0.480 e. The number of benzene rings is 1. The predicted octanol–water partition coefficient (Wildman–Crippen LogP) is 4.29. The number of carbonyl (C=O) groups is 1. The summed E-state index contributed by atoms with van der Waals surface area (Å²) < 4.78 is 1.36. The van der Waals surface area contributed by atoms with E-state index in [0.717, 1.165) is 17.5 Å². The van der Waals surface area contributed by atoms with Crippen LogP contribution in [-0.2, 0) is 17.6 Å². The summed E-state index contributed by atoms with van der Waals surface area (Å²) in [4.78, 5) is 30.2. The van der Waals surface area contributed by atoms with Gasteiger partial charge < -0.3 is 5.11 Å². The van der Waals surface area contributed by atoms with Crippen molar-refractivity contribution in [3.05, 3.63) is 51.4 Å². The van der Waals surface area contributed by atoms with Gasteiger partial charge in [-0.25, -0.2) is 9.78 Å². The van der Waals surface area contributed by atoms with Crippen LogP contribution in [0.5, 0.6) is 0 Å². The molecule has 0 radical (unpaired) electrons. The van der Waals surface area contributed by atoms with E-state index in [1.54, 1.807) is 6.92 Å². The second kappa shape index (κ2) is 7.41. The Bertz CT molecular complexity index is 1000. The van der Waals surface area contributed by atoms with Gasteiger partial charge in [0, 0.05) is 17.4 Å². The molecule has 1 unspecified atom stereocenters. The van der Waals surface area contributed by atoms with E-state index in [9.17, 15) is 14.7 Å². The Hall–Kier alpha value is -2.47. The number of aromatic nitrogens is 2. The van der Waals surface area contributed by atoms with E-state index < -0.39 is 12.0 Å². The third-order valence-electron chi connectivity index (χ3n) is 4.69. The normalized spacial score (nSPS) is 12.4. The lowest BCUT2D eigenvalue weighted by Crippen LogP contribution is -2.33. The van der Waals surface area contributed by atoms with Crippen LogP contribution in [-0.4, -0.2) is 20.6 Å². The van der Waals surface area contributed by atoms with E-state index in [0.29, 0.717) is 28.9 Å². The van der Waals surface area contributed by atoms with Crippen molar-refractivity contribution in [1.29, 1.82) is 0 Å². The largest absolute Gasteiger partial charge is 0.480 e. The lowest BCUT2D eigenvalue weighted by molar-refractivity contribution is -0.141. The molecule has 0 fully saturated rings. The smallest absolute Gasteiger partial charge is 0.326 e. The SMILES string of the molecule is CCc1ccc(-c2csc3nc(CC)n(C(CC)C(=O)O)c(=O)c23)cc1. The van der Waals surface area contributed by atoms with Gasteiger partial charge in [0.25, 0.3) is 5.56 Å². The Morgan fingerprint density at radius 1 is 1.19 bits per heavy atom. The Kier molecular flexibility index (Phi) is 5.23. The number of nitrogens with zero attached hydrogens (tertiary/aromatic N) is 2. The minimum absolute atomic E-state index is 0.267. The summed E-state index contributed by atoms with van der Waals surface area (Å²) >= 11 is 1.43. The molecular formula is C20H22N2O3S. The zero-order chi connectivity index (χ0) is 18.8. The van der Waals surface area contributed by atoms with Crippen LogP contribution < -0.4 is 5.56 Å². The summed E-state index contributed by atoms with van der Waals surface area (Å²) in [5.74, 6) is -0.485. The number of hydrogen-bond donors (Lipinski definition) is 1. The second-order valence-electron chi connectivity index (χ2n) is 6.20. The van der Waals surface area contributed by atoms with Crippen LogP contribution in [0.25, 0.3) is 21.3 Å². The van der Waals surface area contributed by atoms with Crippen molar-refractivity contribution in [2.75, 3.05) is 0 Å².